The number of carbonyl (C=O) groups is 1. The van der Waals surface area contributed by atoms with Crippen LogP contribution in [0.5, 0.6) is 0 Å². The Bertz CT molecular complexity index is 545. The molecule has 1 heterocycles. The number of hydrogen-bond acceptors (Lipinski definition) is 5. The van der Waals surface area contributed by atoms with E-state index in [1.165, 1.54) is 6.92 Å². The van der Waals surface area contributed by atoms with Crippen molar-refractivity contribution in [2.24, 2.45) is 0 Å². The minimum Gasteiger partial charge on any atom is -0.384 e. The van der Waals surface area contributed by atoms with E-state index in [2.05, 4.69) is 16.3 Å². The van der Waals surface area contributed by atoms with Gasteiger partial charge in [0.1, 0.15) is 6.07 Å². The average Bonchev–Trinajstić information content (AvgIpc) is 2.55. The molecule has 0 atom stereocenters. The van der Waals surface area contributed by atoms with Crippen LogP contribution in [0.15, 0.2) is 18.2 Å². The zero-order valence-corrected chi connectivity index (χ0v) is 13.1. The molecule has 1 aliphatic heterocycles. The van der Waals surface area contributed by atoms with Gasteiger partial charge in [0.15, 0.2) is 5.78 Å². The van der Waals surface area contributed by atoms with Crippen LogP contribution in [0.1, 0.15) is 35.7 Å². The summed E-state index contributed by atoms with van der Waals surface area (Å²) in [4.78, 5) is 13.8. The Morgan fingerprint density at radius 1 is 1.36 bits per heavy atom. The van der Waals surface area contributed by atoms with Gasteiger partial charge in [-0.25, -0.2) is 0 Å². The molecule has 1 aliphatic rings. The predicted molar refractivity (Wildman–Crippen MR) is 86.1 cm³/mol. The molecule has 0 spiro atoms. The number of hydrogen-bond donors (Lipinski definition) is 1. The summed E-state index contributed by atoms with van der Waals surface area (Å²) in [7, 11) is 0. The molecule has 2 rings (SSSR count). The number of benzene rings is 1. The molecule has 5 heteroatoms. The van der Waals surface area contributed by atoms with Gasteiger partial charge in [-0.3, -0.25) is 9.69 Å². The molecule has 0 saturated carbocycles. The minimum atomic E-state index is 0.0138. The summed E-state index contributed by atoms with van der Waals surface area (Å²) in [5, 5.41) is 12.4. The lowest BCUT2D eigenvalue weighted by atomic mass is 10.1. The van der Waals surface area contributed by atoms with Crippen molar-refractivity contribution in [3.63, 3.8) is 0 Å². The Morgan fingerprint density at radius 3 is 2.82 bits per heavy atom. The van der Waals surface area contributed by atoms with E-state index in [1.54, 1.807) is 18.2 Å². The first-order valence-corrected chi connectivity index (χ1v) is 7.80. The Hall–Kier alpha value is -1.90. The van der Waals surface area contributed by atoms with Crippen molar-refractivity contribution in [1.29, 1.82) is 5.26 Å². The fourth-order valence-corrected chi connectivity index (χ4v) is 2.52. The molecular formula is C17H23N3O2. The fraction of sp³-hybridized carbons (Fsp3) is 0.529. The van der Waals surface area contributed by atoms with Gasteiger partial charge in [0.05, 0.1) is 24.5 Å². The van der Waals surface area contributed by atoms with Crippen LogP contribution in [0, 0.1) is 11.3 Å². The molecule has 1 N–H and O–H groups in total. The maximum atomic E-state index is 11.4. The third kappa shape index (κ3) is 4.83. The highest BCUT2D eigenvalue weighted by molar-refractivity contribution is 5.95. The van der Waals surface area contributed by atoms with Gasteiger partial charge in [-0.1, -0.05) is 0 Å². The average molecular weight is 301 g/mol. The number of nitrogens with zero attached hydrogens (tertiary/aromatic N) is 2. The van der Waals surface area contributed by atoms with Crippen LogP contribution in [-0.4, -0.2) is 50.1 Å². The van der Waals surface area contributed by atoms with Crippen molar-refractivity contribution in [3.05, 3.63) is 29.3 Å². The van der Waals surface area contributed by atoms with Gasteiger partial charge in [-0.15, -0.1) is 0 Å². The minimum absolute atomic E-state index is 0.0138. The van der Waals surface area contributed by atoms with Crippen molar-refractivity contribution in [1.82, 2.24) is 4.90 Å². The number of Topliss-reactive ketones (excluding diaryl/α,β-unsaturated/α-hetero) is 1. The van der Waals surface area contributed by atoms with Crippen LogP contribution < -0.4 is 5.32 Å². The van der Waals surface area contributed by atoms with Gasteiger partial charge in [-0.2, -0.15) is 5.26 Å². The van der Waals surface area contributed by atoms with E-state index in [0.717, 1.165) is 57.9 Å². The number of unbranched alkanes of at least 4 members (excludes halogenated alkanes) is 1. The number of morpholine rings is 1. The van der Waals surface area contributed by atoms with E-state index in [4.69, 9.17) is 10.00 Å². The van der Waals surface area contributed by atoms with E-state index >= 15 is 0 Å². The summed E-state index contributed by atoms with van der Waals surface area (Å²) in [6, 6.07) is 7.33. The molecule has 0 bridgehead atoms. The molecule has 118 valence electrons. The SMILES string of the molecule is CC(=O)c1ccc(C#N)c(NCCCCN2CCOCC2)c1. The topological polar surface area (TPSA) is 65.4 Å². The third-order valence-corrected chi connectivity index (χ3v) is 3.87. The quantitative estimate of drug-likeness (QED) is 0.618. The molecule has 1 saturated heterocycles. The molecular weight excluding hydrogens is 278 g/mol. The van der Waals surface area contributed by atoms with E-state index < -0.39 is 0 Å². The van der Waals surface area contributed by atoms with Crippen molar-refractivity contribution in [2.75, 3.05) is 44.7 Å². The van der Waals surface area contributed by atoms with Crippen molar-refractivity contribution < 1.29 is 9.53 Å². The maximum absolute atomic E-state index is 11.4. The zero-order valence-electron chi connectivity index (χ0n) is 13.1. The molecule has 22 heavy (non-hydrogen) atoms. The van der Waals surface area contributed by atoms with Crippen LogP contribution >= 0.6 is 0 Å². The normalized spacial score (nSPS) is 15.3. The lowest BCUT2D eigenvalue weighted by molar-refractivity contribution is 0.0373. The summed E-state index contributed by atoms with van der Waals surface area (Å²) in [5.41, 5.74) is 1.97. The summed E-state index contributed by atoms with van der Waals surface area (Å²) >= 11 is 0. The number of ketones is 1. The van der Waals surface area contributed by atoms with Gasteiger partial charge in [-0.05, 0) is 44.5 Å². The predicted octanol–water partition coefficient (Wildman–Crippen LogP) is 2.29. The van der Waals surface area contributed by atoms with Crippen LogP contribution in [0.4, 0.5) is 5.69 Å². The fourth-order valence-electron chi connectivity index (χ4n) is 2.52. The number of nitrogens with one attached hydrogen (secondary N) is 1. The van der Waals surface area contributed by atoms with Crippen LogP contribution in [0.2, 0.25) is 0 Å². The Kier molecular flexibility index (Phi) is 6.38. The summed E-state index contributed by atoms with van der Waals surface area (Å²) in [6.07, 6.45) is 2.15. The first kappa shape index (κ1) is 16.5. The number of nitriles is 1. The van der Waals surface area contributed by atoms with Crippen LogP contribution in [-0.2, 0) is 4.74 Å². The number of carbonyl (C=O) groups excluding carboxylic acids is 1. The molecule has 1 aromatic rings. The molecule has 0 unspecified atom stereocenters. The molecule has 5 nitrogen and oxygen atoms in total. The highest BCUT2D eigenvalue weighted by atomic mass is 16.5. The standard InChI is InChI=1S/C17H23N3O2/c1-14(21)15-4-5-16(13-18)17(12-15)19-6-2-3-7-20-8-10-22-11-9-20/h4-5,12,19H,2-3,6-11H2,1H3. The molecule has 0 aromatic heterocycles. The van der Waals surface area contributed by atoms with Gasteiger partial charge in [0, 0.05) is 25.2 Å². The maximum Gasteiger partial charge on any atom is 0.159 e. The van der Waals surface area contributed by atoms with E-state index in [-0.39, 0.29) is 5.78 Å². The monoisotopic (exact) mass is 301 g/mol. The lowest BCUT2D eigenvalue weighted by Gasteiger charge is -2.26. The van der Waals surface area contributed by atoms with Crippen molar-refractivity contribution in [2.45, 2.75) is 19.8 Å². The molecule has 0 amide bonds. The zero-order chi connectivity index (χ0) is 15.8. The van der Waals surface area contributed by atoms with Gasteiger partial charge >= 0.3 is 0 Å². The largest absolute Gasteiger partial charge is 0.384 e. The second kappa shape index (κ2) is 8.52. The van der Waals surface area contributed by atoms with Gasteiger partial charge < -0.3 is 10.1 Å². The Labute approximate surface area is 131 Å². The first-order valence-electron chi connectivity index (χ1n) is 7.80. The summed E-state index contributed by atoms with van der Waals surface area (Å²) < 4.78 is 5.33. The van der Waals surface area contributed by atoms with Crippen LogP contribution in [0.25, 0.3) is 0 Å². The van der Waals surface area contributed by atoms with Gasteiger partial charge in [0.2, 0.25) is 0 Å². The highest BCUT2D eigenvalue weighted by Crippen LogP contribution is 2.17. The summed E-state index contributed by atoms with van der Waals surface area (Å²) in [5.74, 6) is 0.0138. The van der Waals surface area contributed by atoms with E-state index in [0.29, 0.717) is 11.1 Å². The van der Waals surface area contributed by atoms with Crippen molar-refractivity contribution in [3.8, 4) is 6.07 Å². The molecule has 0 aliphatic carbocycles. The lowest BCUT2D eigenvalue weighted by Crippen LogP contribution is -2.36. The van der Waals surface area contributed by atoms with Crippen molar-refractivity contribution >= 4 is 11.5 Å². The smallest absolute Gasteiger partial charge is 0.159 e. The number of ether oxygens (including phenoxy) is 1. The van der Waals surface area contributed by atoms with E-state index in [1.807, 2.05) is 0 Å². The summed E-state index contributed by atoms with van der Waals surface area (Å²) in [6.45, 7) is 7.14. The first-order chi connectivity index (χ1) is 10.7. The Balaban J connectivity index is 1.77. The second-order valence-electron chi connectivity index (χ2n) is 5.52. The number of rotatable bonds is 7. The molecule has 1 fully saturated rings. The Morgan fingerprint density at radius 2 is 2.14 bits per heavy atom. The van der Waals surface area contributed by atoms with E-state index in [9.17, 15) is 4.79 Å². The molecule has 1 aromatic carbocycles. The second-order valence-corrected chi connectivity index (χ2v) is 5.52. The number of anilines is 1. The molecule has 0 radical (unpaired) electrons. The highest BCUT2D eigenvalue weighted by Gasteiger charge is 2.09. The van der Waals surface area contributed by atoms with Gasteiger partial charge in [0.25, 0.3) is 0 Å². The third-order valence-electron chi connectivity index (χ3n) is 3.87. The van der Waals surface area contributed by atoms with Crippen LogP contribution in [0.3, 0.4) is 0 Å².